The van der Waals surface area contributed by atoms with Crippen molar-refractivity contribution in [2.75, 3.05) is 5.32 Å². The summed E-state index contributed by atoms with van der Waals surface area (Å²) in [5.41, 5.74) is -2.91. The first-order valence-electron chi connectivity index (χ1n) is 13.5. The van der Waals surface area contributed by atoms with Crippen molar-refractivity contribution in [1.29, 1.82) is 0 Å². The van der Waals surface area contributed by atoms with E-state index in [1.165, 1.54) is 36.4 Å². The second-order valence-electron chi connectivity index (χ2n) is 10.7. The minimum Gasteiger partial charge on any atom is -0.326 e. The van der Waals surface area contributed by atoms with Crippen molar-refractivity contribution >= 4 is 62.0 Å². The van der Waals surface area contributed by atoms with Crippen LogP contribution in [0, 0.1) is 23.4 Å². The molecule has 0 bridgehead atoms. The van der Waals surface area contributed by atoms with Gasteiger partial charge in [0.15, 0.2) is 15.6 Å². The number of hydrogen-bond acceptors (Lipinski definition) is 4. The van der Waals surface area contributed by atoms with Crippen LogP contribution in [-0.2, 0) is 33.0 Å². The fraction of sp³-hybridized carbons (Fsp3) is 0.188. The van der Waals surface area contributed by atoms with Gasteiger partial charge in [0, 0.05) is 29.2 Å². The molecule has 1 saturated carbocycles. The summed E-state index contributed by atoms with van der Waals surface area (Å²) in [6.07, 6.45) is -5.66. The van der Waals surface area contributed by atoms with E-state index >= 15 is 4.39 Å². The van der Waals surface area contributed by atoms with Gasteiger partial charge < -0.3 is 5.32 Å². The Labute approximate surface area is 279 Å². The number of ketones is 1. The van der Waals surface area contributed by atoms with Gasteiger partial charge in [0.05, 0.1) is 27.2 Å². The summed E-state index contributed by atoms with van der Waals surface area (Å²) in [4.78, 5) is 26.2. The van der Waals surface area contributed by atoms with E-state index in [2.05, 4.69) is 5.32 Å². The number of alkyl halides is 5. The minimum absolute atomic E-state index is 0.00171. The number of anilines is 1. The Morgan fingerprint density at radius 1 is 0.872 bits per heavy atom. The molecule has 1 fully saturated rings. The smallest absolute Gasteiger partial charge is 0.326 e. The SMILES string of the molecule is O=C(Cc1ccc(F)c(CS(=O)(=O)c2ccccc2)c1F)c1cc(NC(=O)[C@H]2[C@H](c3ccc(F)c(C(F)(F)F)c3)C2(Cl)Cl)ccc1Cl. The van der Waals surface area contributed by atoms with Crippen LogP contribution in [0.1, 0.15) is 38.5 Å². The zero-order chi connectivity index (χ0) is 34.5. The Bertz CT molecular complexity index is 2010. The first kappa shape index (κ1) is 34.7. The largest absolute Gasteiger partial charge is 0.419 e. The molecule has 0 unspecified atom stereocenters. The van der Waals surface area contributed by atoms with E-state index in [0.717, 1.165) is 24.3 Å². The van der Waals surface area contributed by atoms with Crippen molar-refractivity contribution in [3.8, 4) is 0 Å². The number of carbonyl (C=O) groups excluding carboxylic acids is 2. The third-order valence-corrected chi connectivity index (χ3v) is 10.5. The van der Waals surface area contributed by atoms with Crippen LogP contribution in [-0.4, -0.2) is 24.4 Å². The standard InChI is InChI=1S/C32H20Cl3F6NO4S/c33-23-9-8-18(42-30(44)28-27(31(28,34)35)16-6-11-25(37)22(12-16)32(39,40)41)14-20(23)26(43)13-17-7-10-24(36)21(29(17)38)15-47(45,46)19-4-2-1-3-5-19/h1-12,14,27-28H,13,15H2,(H,42,44)/t27-,28+/m0/s1. The zero-order valence-electron chi connectivity index (χ0n) is 23.5. The fourth-order valence-corrected chi connectivity index (χ4v) is 7.58. The molecule has 246 valence electrons. The molecule has 4 aromatic rings. The van der Waals surface area contributed by atoms with E-state index in [1.807, 2.05) is 0 Å². The molecule has 0 aromatic heterocycles. The maximum atomic E-state index is 15.4. The summed E-state index contributed by atoms with van der Waals surface area (Å²) in [5.74, 6) is -8.84. The van der Waals surface area contributed by atoms with Gasteiger partial charge in [-0.3, -0.25) is 9.59 Å². The number of hydrogen-bond donors (Lipinski definition) is 1. The molecule has 0 aliphatic heterocycles. The van der Waals surface area contributed by atoms with E-state index in [1.54, 1.807) is 6.07 Å². The summed E-state index contributed by atoms with van der Waals surface area (Å²) in [6.45, 7) is 0. The van der Waals surface area contributed by atoms with Crippen LogP contribution in [0.25, 0.3) is 0 Å². The second-order valence-corrected chi connectivity index (χ2v) is 14.6. The molecule has 2 atom stereocenters. The predicted octanol–water partition coefficient (Wildman–Crippen LogP) is 8.70. The van der Waals surface area contributed by atoms with Gasteiger partial charge in [-0.25, -0.2) is 21.6 Å². The van der Waals surface area contributed by atoms with E-state index in [9.17, 15) is 40.0 Å². The van der Waals surface area contributed by atoms with Crippen LogP contribution in [0.2, 0.25) is 5.02 Å². The molecule has 0 radical (unpaired) electrons. The Morgan fingerprint density at radius 2 is 1.53 bits per heavy atom. The number of sulfone groups is 1. The Balaban J connectivity index is 1.34. The number of carbonyl (C=O) groups is 2. The third-order valence-electron chi connectivity index (χ3n) is 7.58. The minimum atomic E-state index is -5.00. The number of benzene rings is 4. The molecule has 0 spiro atoms. The zero-order valence-corrected chi connectivity index (χ0v) is 26.6. The summed E-state index contributed by atoms with van der Waals surface area (Å²) < 4.78 is 107. The van der Waals surface area contributed by atoms with Crippen LogP contribution >= 0.6 is 34.8 Å². The van der Waals surface area contributed by atoms with Gasteiger partial charge in [0.25, 0.3) is 0 Å². The molecule has 0 heterocycles. The van der Waals surface area contributed by atoms with E-state index < -0.39 is 84.6 Å². The topological polar surface area (TPSA) is 80.3 Å². The summed E-state index contributed by atoms with van der Waals surface area (Å²) in [5, 5.41) is 2.37. The molecule has 4 aromatic carbocycles. The number of halogens is 9. The van der Waals surface area contributed by atoms with Gasteiger partial charge in [-0.1, -0.05) is 41.9 Å². The van der Waals surface area contributed by atoms with E-state index in [4.69, 9.17) is 34.8 Å². The number of nitrogens with one attached hydrogen (secondary N) is 1. The average molecular weight is 735 g/mol. The van der Waals surface area contributed by atoms with E-state index in [0.29, 0.717) is 12.1 Å². The number of amides is 1. The van der Waals surface area contributed by atoms with Crippen LogP contribution in [0.5, 0.6) is 0 Å². The van der Waals surface area contributed by atoms with Gasteiger partial charge in [-0.2, -0.15) is 13.2 Å². The molecule has 15 heteroatoms. The lowest BCUT2D eigenvalue weighted by Gasteiger charge is -2.12. The highest BCUT2D eigenvalue weighted by atomic mass is 35.5. The van der Waals surface area contributed by atoms with Crippen molar-refractivity contribution in [2.24, 2.45) is 5.92 Å². The quantitative estimate of drug-likeness (QED) is 0.106. The molecule has 47 heavy (non-hydrogen) atoms. The Hall–Kier alpha value is -3.58. The summed E-state index contributed by atoms with van der Waals surface area (Å²) in [7, 11) is -4.13. The lowest BCUT2D eigenvalue weighted by molar-refractivity contribution is -0.140. The van der Waals surface area contributed by atoms with E-state index in [-0.39, 0.29) is 32.3 Å². The lowest BCUT2D eigenvalue weighted by Crippen LogP contribution is -2.18. The summed E-state index contributed by atoms with van der Waals surface area (Å²) in [6, 6.07) is 14.8. The van der Waals surface area contributed by atoms with Crippen LogP contribution in [0.15, 0.2) is 83.8 Å². The monoisotopic (exact) mass is 733 g/mol. The van der Waals surface area contributed by atoms with Crippen molar-refractivity contribution in [2.45, 2.75) is 33.5 Å². The van der Waals surface area contributed by atoms with Crippen molar-refractivity contribution in [3.63, 3.8) is 0 Å². The highest BCUT2D eigenvalue weighted by molar-refractivity contribution is 7.90. The van der Waals surface area contributed by atoms with Crippen LogP contribution in [0.3, 0.4) is 0 Å². The normalized spacial score (nSPS) is 17.3. The first-order valence-corrected chi connectivity index (χ1v) is 16.3. The van der Waals surface area contributed by atoms with Crippen LogP contribution in [0.4, 0.5) is 32.0 Å². The van der Waals surface area contributed by atoms with Crippen LogP contribution < -0.4 is 5.32 Å². The first-order chi connectivity index (χ1) is 21.9. The number of rotatable bonds is 9. The number of Topliss-reactive ketones (excluding diaryl/α,β-unsaturated/α-hetero) is 1. The molecule has 0 saturated heterocycles. The lowest BCUT2D eigenvalue weighted by atomic mass is 10.00. The molecular weight excluding hydrogens is 715 g/mol. The summed E-state index contributed by atoms with van der Waals surface area (Å²) >= 11 is 18.7. The average Bonchev–Trinajstić information content (AvgIpc) is 3.59. The Kier molecular flexibility index (Phi) is 9.46. The van der Waals surface area contributed by atoms with Crippen molar-refractivity contribution in [1.82, 2.24) is 0 Å². The van der Waals surface area contributed by atoms with Gasteiger partial charge in [0.2, 0.25) is 5.91 Å². The highest BCUT2D eigenvalue weighted by Crippen LogP contribution is 2.65. The van der Waals surface area contributed by atoms with Crippen molar-refractivity contribution in [3.05, 3.63) is 129 Å². The second kappa shape index (κ2) is 12.8. The maximum Gasteiger partial charge on any atom is 0.419 e. The van der Waals surface area contributed by atoms with Gasteiger partial charge in [-0.05, 0) is 59.7 Å². The molecule has 5 rings (SSSR count). The fourth-order valence-electron chi connectivity index (χ4n) is 5.14. The molecule has 1 N–H and O–H groups in total. The van der Waals surface area contributed by atoms with Gasteiger partial charge >= 0.3 is 6.18 Å². The molecule has 1 aliphatic rings. The van der Waals surface area contributed by atoms with Gasteiger partial charge in [-0.15, -0.1) is 23.2 Å². The van der Waals surface area contributed by atoms with Crippen molar-refractivity contribution < 1.29 is 44.3 Å². The maximum absolute atomic E-state index is 15.4. The molecular formula is C32H20Cl3F6NO4S. The van der Waals surface area contributed by atoms with Gasteiger partial charge in [0.1, 0.15) is 21.8 Å². The highest BCUT2D eigenvalue weighted by Gasteiger charge is 2.67. The molecule has 1 amide bonds. The molecule has 5 nitrogen and oxygen atoms in total. The predicted molar refractivity (Wildman–Crippen MR) is 164 cm³/mol. The Morgan fingerprint density at radius 3 is 2.19 bits per heavy atom. The third kappa shape index (κ3) is 7.15. The molecule has 1 aliphatic carbocycles.